The Labute approximate surface area is 90.9 Å². The molecule has 0 aromatic carbocycles. The van der Waals surface area contributed by atoms with E-state index in [-0.39, 0.29) is 11.0 Å². The number of nitrogens with one attached hydrogen (secondary N) is 1. The van der Waals surface area contributed by atoms with Crippen molar-refractivity contribution in [1.82, 2.24) is 10.2 Å². The lowest BCUT2D eigenvalue weighted by Crippen LogP contribution is -2.15. The first-order valence-electron chi connectivity index (χ1n) is 5.66. The molecule has 0 atom stereocenters. The molecule has 1 aliphatic rings. The lowest BCUT2D eigenvalue weighted by Gasteiger charge is -2.18. The van der Waals surface area contributed by atoms with Crippen LogP contribution in [0, 0.1) is 0 Å². The smallest absolute Gasteiger partial charge is 0.0653 e. The maximum atomic E-state index is 9.79. The van der Waals surface area contributed by atoms with E-state index in [0.29, 0.717) is 0 Å². The zero-order valence-electron chi connectivity index (χ0n) is 9.80. The summed E-state index contributed by atoms with van der Waals surface area (Å²) in [6.07, 6.45) is 5.63. The Morgan fingerprint density at radius 1 is 1.47 bits per heavy atom. The first-order chi connectivity index (χ1) is 6.91. The van der Waals surface area contributed by atoms with Gasteiger partial charge in [0.15, 0.2) is 0 Å². The second-order valence-corrected chi connectivity index (χ2v) is 5.74. The first-order valence-corrected chi connectivity index (χ1v) is 5.66. The number of aryl methyl sites for hydroxylation is 1. The number of hydrogen-bond donors (Lipinski definition) is 2. The van der Waals surface area contributed by atoms with Gasteiger partial charge in [0.05, 0.1) is 11.8 Å². The summed E-state index contributed by atoms with van der Waals surface area (Å²) in [5.41, 5.74) is 2.21. The second-order valence-electron chi connectivity index (χ2n) is 5.74. The highest BCUT2D eigenvalue weighted by Gasteiger charge is 2.39. The van der Waals surface area contributed by atoms with Gasteiger partial charge < -0.3 is 5.11 Å². The van der Waals surface area contributed by atoms with Crippen LogP contribution in [-0.2, 0) is 11.8 Å². The topological polar surface area (TPSA) is 48.9 Å². The monoisotopic (exact) mass is 208 g/mol. The van der Waals surface area contributed by atoms with E-state index >= 15 is 0 Å². The number of rotatable bonds is 3. The minimum Gasteiger partial charge on any atom is -0.390 e. The molecule has 1 heterocycles. The van der Waals surface area contributed by atoms with Gasteiger partial charge in [-0.05, 0) is 31.2 Å². The van der Waals surface area contributed by atoms with E-state index in [4.69, 9.17) is 0 Å². The Morgan fingerprint density at radius 2 is 2.13 bits per heavy atom. The zero-order chi connectivity index (χ0) is 11.1. The van der Waals surface area contributed by atoms with Gasteiger partial charge in [0.1, 0.15) is 0 Å². The Balaban J connectivity index is 2.05. The number of nitrogens with zero attached hydrogens (tertiary/aromatic N) is 1. The normalized spacial score (nSPS) is 19.2. The van der Waals surface area contributed by atoms with Crippen LogP contribution in [0.4, 0.5) is 0 Å². The standard InChI is InChI=1S/C12H20N2O/c1-11(2,3)10-9(8-13-14-10)4-5-12(15)6-7-12/h8,15H,4-7H2,1-3H3,(H,13,14). The summed E-state index contributed by atoms with van der Waals surface area (Å²) in [6, 6.07) is 0. The van der Waals surface area contributed by atoms with Crippen LogP contribution in [0.2, 0.25) is 0 Å². The first kappa shape index (κ1) is 10.7. The maximum Gasteiger partial charge on any atom is 0.0653 e. The molecule has 0 amide bonds. The Morgan fingerprint density at radius 3 is 2.67 bits per heavy atom. The molecule has 2 N–H and O–H groups in total. The fourth-order valence-corrected chi connectivity index (χ4v) is 1.91. The molecule has 3 nitrogen and oxygen atoms in total. The molecule has 0 unspecified atom stereocenters. The van der Waals surface area contributed by atoms with Gasteiger partial charge in [-0.2, -0.15) is 5.10 Å². The highest BCUT2D eigenvalue weighted by Crippen LogP contribution is 2.39. The average Bonchev–Trinajstić information content (AvgIpc) is 2.66. The van der Waals surface area contributed by atoms with Crippen molar-refractivity contribution in [3.63, 3.8) is 0 Å². The molecule has 1 aliphatic carbocycles. The summed E-state index contributed by atoms with van der Waals surface area (Å²) >= 11 is 0. The van der Waals surface area contributed by atoms with E-state index in [2.05, 4.69) is 31.0 Å². The van der Waals surface area contributed by atoms with Gasteiger partial charge in [-0.3, -0.25) is 5.10 Å². The quantitative estimate of drug-likeness (QED) is 0.799. The van der Waals surface area contributed by atoms with Gasteiger partial charge in [-0.25, -0.2) is 0 Å². The third-order valence-electron chi connectivity index (χ3n) is 3.15. The van der Waals surface area contributed by atoms with E-state index < -0.39 is 0 Å². The minimum absolute atomic E-state index is 0.109. The number of aromatic amines is 1. The SMILES string of the molecule is CC(C)(C)c1[nH]ncc1CCC1(O)CC1. The number of aliphatic hydroxyl groups is 1. The van der Waals surface area contributed by atoms with Crippen LogP contribution in [0.5, 0.6) is 0 Å². The van der Waals surface area contributed by atoms with Gasteiger partial charge in [-0.1, -0.05) is 20.8 Å². The third kappa shape index (κ3) is 2.40. The van der Waals surface area contributed by atoms with Crippen molar-refractivity contribution >= 4 is 0 Å². The van der Waals surface area contributed by atoms with E-state index in [9.17, 15) is 5.11 Å². The number of aromatic nitrogens is 2. The zero-order valence-corrected chi connectivity index (χ0v) is 9.80. The van der Waals surface area contributed by atoms with Crippen molar-refractivity contribution in [1.29, 1.82) is 0 Å². The molecule has 84 valence electrons. The van der Waals surface area contributed by atoms with Crippen LogP contribution in [0.1, 0.15) is 51.3 Å². The van der Waals surface area contributed by atoms with Crippen LogP contribution in [0.3, 0.4) is 0 Å². The van der Waals surface area contributed by atoms with Crippen molar-refractivity contribution in [2.75, 3.05) is 0 Å². The predicted molar refractivity (Wildman–Crippen MR) is 59.8 cm³/mol. The van der Waals surface area contributed by atoms with Gasteiger partial charge in [0, 0.05) is 11.1 Å². The molecule has 1 aromatic rings. The van der Waals surface area contributed by atoms with Crippen molar-refractivity contribution in [2.24, 2.45) is 0 Å². The van der Waals surface area contributed by atoms with E-state index in [0.717, 1.165) is 25.7 Å². The average molecular weight is 208 g/mol. The molecular weight excluding hydrogens is 188 g/mol. The van der Waals surface area contributed by atoms with Gasteiger partial charge in [0.2, 0.25) is 0 Å². The summed E-state index contributed by atoms with van der Waals surface area (Å²) in [6.45, 7) is 6.53. The minimum atomic E-state index is -0.355. The van der Waals surface area contributed by atoms with Crippen molar-refractivity contribution in [3.8, 4) is 0 Å². The largest absolute Gasteiger partial charge is 0.390 e. The molecule has 2 rings (SSSR count). The fraction of sp³-hybridized carbons (Fsp3) is 0.750. The lowest BCUT2D eigenvalue weighted by atomic mass is 9.88. The van der Waals surface area contributed by atoms with E-state index in [1.165, 1.54) is 11.3 Å². The molecular formula is C12H20N2O. The molecule has 0 radical (unpaired) electrons. The molecule has 15 heavy (non-hydrogen) atoms. The second kappa shape index (κ2) is 3.34. The maximum absolute atomic E-state index is 9.79. The molecule has 3 heteroatoms. The fourth-order valence-electron chi connectivity index (χ4n) is 1.91. The molecule has 0 aliphatic heterocycles. The summed E-state index contributed by atoms with van der Waals surface area (Å²) in [4.78, 5) is 0. The van der Waals surface area contributed by atoms with Crippen LogP contribution < -0.4 is 0 Å². The van der Waals surface area contributed by atoms with Crippen LogP contribution in [0.25, 0.3) is 0 Å². The summed E-state index contributed by atoms with van der Waals surface area (Å²) in [5, 5.41) is 17.0. The van der Waals surface area contributed by atoms with Gasteiger partial charge in [0.25, 0.3) is 0 Å². The van der Waals surface area contributed by atoms with Crippen molar-refractivity contribution in [2.45, 2.75) is 57.5 Å². The van der Waals surface area contributed by atoms with E-state index in [1.54, 1.807) is 0 Å². The molecule has 0 spiro atoms. The van der Waals surface area contributed by atoms with Gasteiger partial charge in [-0.15, -0.1) is 0 Å². The molecule has 0 bridgehead atoms. The van der Waals surface area contributed by atoms with Crippen LogP contribution in [0.15, 0.2) is 6.20 Å². The van der Waals surface area contributed by atoms with Crippen molar-refractivity contribution < 1.29 is 5.11 Å². The molecule has 1 saturated carbocycles. The van der Waals surface area contributed by atoms with E-state index in [1.807, 2.05) is 6.20 Å². The molecule has 1 fully saturated rings. The molecule has 1 aromatic heterocycles. The Bertz CT molecular complexity index is 345. The van der Waals surface area contributed by atoms with Crippen molar-refractivity contribution in [3.05, 3.63) is 17.5 Å². The van der Waals surface area contributed by atoms with Gasteiger partial charge >= 0.3 is 0 Å². The summed E-state index contributed by atoms with van der Waals surface area (Å²) in [5.74, 6) is 0. The number of H-pyrrole nitrogens is 1. The Hall–Kier alpha value is -0.830. The van der Waals surface area contributed by atoms with Crippen LogP contribution in [-0.4, -0.2) is 20.9 Å². The third-order valence-corrected chi connectivity index (χ3v) is 3.15. The lowest BCUT2D eigenvalue weighted by molar-refractivity contribution is 0.140. The predicted octanol–water partition coefficient (Wildman–Crippen LogP) is 2.16. The highest BCUT2D eigenvalue weighted by molar-refractivity contribution is 5.24. The highest BCUT2D eigenvalue weighted by atomic mass is 16.3. The summed E-state index contributed by atoms with van der Waals surface area (Å²) in [7, 11) is 0. The molecule has 0 saturated heterocycles. The van der Waals surface area contributed by atoms with Crippen LogP contribution >= 0.6 is 0 Å². The number of hydrogen-bond acceptors (Lipinski definition) is 2. The summed E-state index contributed by atoms with van der Waals surface area (Å²) < 4.78 is 0. The Kier molecular flexibility index (Phi) is 2.38.